The van der Waals surface area contributed by atoms with Crippen molar-refractivity contribution in [3.63, 3.8) is 0 Å². The Morgan fingerprint density at radius 3 is 2.61 bits per heavy atom. The predicted molar refractivity (Wildman–Crippen MR) is 134 cm³/mol. The maximum atomic E-state index is 13.9. The molecule has 1 aromatic heterocycles. The summed E-state index contributed by atoms with van der Waals surface area (Å²) in [6.07, 6.45) is 3.88. The van der Waals surface area contributed by atoms with Crippen molar-refractivity contribution in [1.82, 2.24) is 15.0 Å². The average Bonchev–Trinajstić information content (AvgIpc) is 3.31. The Labute approximate surface area is 212 Å². The lowest BCUT2D eigenvalue weighted by Crippen LogP contribution is -2.51. The van der Waals surface area contributed by atoms with Gasteiger partial charge in [0.15, 0.2) is 5.82 Å². The molecule has 0 bridgehead atoms. The molecule has 9 heteroatoms. The molecule has 194 valence electrons. The molecule has 2 atom stereocenters. The second-order valence-corrected chi connectivity index (χ2v) is 9.68. The Hall–Kier alpha value is -3.36. The number of nitrogens with one attached hydrogen (secondary N) is 1. The molecule has 0 radical (unpaired) electrons. The van der Waals surface area contributed by atoms with E-state index in [1.165, 1.54) is 0 Å². The van der Waals surface area contributed by atoms with Gasteiger partial charge >= 0.3 is 0 Å². The number of hydrogen-bond donors (Lipinski definition) is 1. The molecule has 1 aromatic carbocycles. The van der Waals surface area contributed by atoms with Crippen LogP contribution in [0, 0.1) is 18.8 Å². The number of para-hydroxylation sites is 1. The summed E-state index contributed by atoms with van der Waals surface area (Å²) in [4.78, 5) is 43.3. The molecule has 2 fully saturated rings. The number of aryl methyl sites for hydroxylation is 1. The average molecular weight is 497 g/mol. The lowest BCUT2D eigenvalue weighted by atomic mass is 9.82. The number of hydrogen-bond acceptors (Lipinski definition) is 6. The monoisotopic (exact) mass is 496 g/mol. The third-order valence-corrected chi connectivity index (χ3v) is 7.29. The number of amides is 3. The molecule has 2 aromatic rings. The number of benzene rings is 1. The Kier molecular flexibility index (Phi) is 8.28. The van der Waals surface area contributed by atoms with Crippen molar-refractivity contribution in [2.75, 3.05) is 32.1 Å². The van der Waals surface area contributed by atoms with Crippen LogP contribution in [0.3, 0.4) is 0 Å². The standard InChI is InChI=1S/C27H36N4O5/c1-4-5-14-31-24(32)11-10-21(25(31)20-8-6-7-9-22(20)35-3)27(34)30-15-12-19(13-16-30)26(33)28-23-17-18(2)36-29-23/h6-9,17,19,21,25H,4-5,10-16H2,1-3H3,(H,28,29,33). The second kappa shape index (κ2) is 11.6. The van der Waals surface area contributed by atoms with Crippen LogP contribution in [0.1, 0.15) is 62.8 Å². The van der Waals surface area contributed by atoms with Crippen molar-refractivity contribution in [1.29, 1.82) is 0 Å². The van der Waals surface area contributed by atoms with Crippen LogP contribution < -0.4 is 10.1 Å². The summed E-state index contributed by atoms with van der Waals surface area (Å²) in [6.45, 7) is 5.50. The van der Waals surface area contributed by atoms with Gasteiger partial charge < -0.3 is 24.4 Å². The first-order chi connectivity index (χ1) is 17.4. The number of carbonyl (C=O) groups is 3. The van der Waals surface area contributed by atoms with Gasteiger partial charge in [0.05, 0.1) is 19.1 Å². The first-order valence-electron chi connectivity index (χ1n) is 12.9. The fourth-order valence-electron chi connectivity index (χ4n) is 5.35. The number of aromatic nitrogens is 1. The number of anilines is 1. The van der Waals surface area contributed by atoms with Crippen LogP contribution in [0.25, 0.3) is 0 Å². The van der Waals surface area contributed by atoms with E-state index in [1.807, 2.05) is 34.1 Å². The van der Waals surface area contributed by atoms with Crippen molar-refractivity contribution in [2.45, 2.75) is 58.4 Å². The highest BCUT2D eigenvalue weighted by Crippen LogP contribution is 2.42. The lowest BCUT2D eigenvalue weighted by Gasteiger charge is -2.43. The first kappa shape index (κ1) is 25.7. The van der Waals surface area contributed by atoms with E-state index >= 15 is 0 Å². The van der Waals surface area contributed by atoms with E-state index in [0.29, 0.717) is 62.6 Å². The van der Waals surface area contributed by atoms with Crippen LogP contribution in [-0.4, -0.2) is 59.4 Å². The number of nitrogens with zero attached hydrogens (tertiary/aromatic N) is 3. The molecule has 36 heavy (non-hydrogen) atoms. The zero-order valence-electron chi connectivity index (χ0n) is 21.4. The minimum absolute atomic E-state index is 0.0471. The van der Waals surface area contributed by atoms with Gasteiger partial charge in [-0.3, -0.25) is 14.4 Å². The van der Waals surface area contributed by atoms with Crippen LogP contribution in [0.2, 0.25) is 0 Å². The normalized spacial score (nSPS) is 20.9. The minimum Gasteiger partial charge on any atom is -0.496 e. The Balaban J connectivity index is 1.48. The van der Waals surface area contributed by atoms with Gasteiger partial charge in [0.1, 0.15) is 11.5 Å². The van der Waals surface area contributed by atoms with E-state index < -0.39 is 0 Å². The number of piperidine rings is 2. The number of likely N-dealkylation sites (tertiary alicyclic amines) is 2. The number of rotatable bonds is 8. The zero-order chi connectivity index (χ0) is 25.7. The molecule has 3 amide bonds. The smallest absolute Gasteiger partial charge is 0.228 e. The summed E-state index contributed by atoms with van der Waals surface area (Å²) >= 11 is 0. The summed E-state index contributed by atoms with van der Waals surface area (Å²) in [7, 11) is 1.62. The number of carbonyl (C=O) groups excluding carboxylic acids is 3. The fourth-order valence-corrected chi connectivity index (χ4v) is 5.35. The maximum absolute atomic E-state index is 13.9. The highest BCUT2D eigenvalue weighted by molar-refractivity contribution is 5.92. The third-order valence-electron chi connectivity index (χ3n) is 7.29. The molecule has 2 saturated heterocycles. The predicted octanol–water partition coefficient (Wildman–Crippen LogP) is 3.95. The summed E-state index contributed by atoms with van der Waals surface area (Å²) in [5.74, 6) is 1.23. The zero-order valence-corrected chi connectivity index (χ0v) is 21.4. The number of unbranched alkanes of at least 4 members (excludes halogenated alkanes) is 1. The van der Waals surface area contributed by atoms with Gasteiger partial charge in [-0.05, 0) is 38.7 Å². The van der Waals surface area contributed by atoms with Crippen molar-refractivity contribution >= 4 is 23.5 Å². The van der Waals surface area contributed by atoms with Crippen LogP contribution in [0.5, 0.6) is 5.75 Å². The van der Waals surface area contributed by atoms with E-state index in [2.05, 4.69) is 17.4 Å². The molecule has 0 saturated carbocycles. The van der Waals surface area contributed by atoms with E-state index in [-0.39, 0.29) is 35.6 Å². The molecule has 4 rings (SSSR count). The Bertz CT molecular complexity index is 1080. The van der Waals surface area contributed by atoms with Crippen molar-refractivity contribution in [2.24, 2.45) is 11.8 Å². The van der Waals surface area contributed by atoms with Gasteiger partial charge in [0.25, 0.3) is 0 Å². The molecule has 9 nitrogen and oxygen atoms in total. The van der Waals surface area contributed by atoms with Gasteiger partial charge in [0, 0.05) is 43.6 Å². The van der Waals surface area contributed by atoms with E-state index in [4.69, 9.17) is 9.26 Å². The molecule has 1 N–H and O–H groups in total. The Morgan fingerprint density at radius 1 is 1.19 bits per heavy atom. The lowest BCUT2D eigenvalue weighted by molar-refractivity contribution is -0.149. The number of ether oxygens (including phenoxy) is 1. The molecule has 0 spiro atoms. The molecule has 2 aliphatic rings. The van der Waals surface area contributed by atoms with Crippen LogP contribution in [0.4, 0.5) is 5.82 Å². The van der Waals surface area contributed by atoms with Crippen LogP contribution in [0.15, 0.2) is 34.9 Å². The molecular formula is C27H36N4O5. The van der Waals surface area contributed by atoms with E-state index in [9.17, 15) is 14.4 Å². The second-order valence-electron chi connectivity index (χ2n) is 9.68. The quantitative estimate of drug-likeness (QED) is 0.593. The molecule has 2 unspecified atom stereocenters. The highest BCUT2D eigenvalue weighted by Gasteiger charge is 2.43. The maximum Gasteiger partial charge on any atom is 0.228 e. The Morgan fingerprint density at radius 2 is 1.94 bits per heavy atom. The fraction of sp³-hybridized carbons (Fsp3) is 0.556. The van der Waals surface area contributed by atoms with Crippen molar-refractivity contribution in [3.05, 3.63) is 41.7 Å². The molecule has 3 heterocycles. The molecule has 2 aliphatic heterocycles. The summed E-state index contributed by atoms with van der Waals surface area (Å²) < 4.78 is 10.6. The van der Waals surface area contributed by atoms with E-state index in [0.717, 1.165) is 18.4 Å². The largest absolute Gasteiger partial charge is 0.496 e. The van der Waals surface area contributed by atoms with Crippen molar-refractivity contribution in [3.8, 4) is 5.75 Å². The SMILES string of the molecule is CCCCN1C(=O)CCC(C(=O)N2CCC(C(=O)Nc3cc(C)on3)CC2)C1c1ccccc1OC. The topological polar surface area (TPSA) is 105 Å². The first-order valence-corrected chi connectivity index (χ1v) is 12.9. The molecular weight excluding hydrogens is 460 g/mol. The number of methoxy groups -OCH3 is 1. The summed E-state index contributed by atoms with van der Waals surface area (Å²) in [6, 6.07) is 8.99. The van der Waals surface area contributed by atoms with Crippen LogP contribution >= 0.6 is 0 Å². The van der Waals surface area contributed by atoms with Gasteiger partial charge in [-0.1, -0.05) is 36.7 Å². The van der Waals surface area contributed by atoms with E-state index in [1.54, 1.807) is 20.1 Å². The van der Waals surface area contributed by atoms with Crippen molar-refractivity contribution < 1.29 is 23.6 Å². The summed E-state index contributed by atoms with van der Waals surface area (Å²) in [5.41, 5.74) is 0.875. The molecule has 0 aliphatic carbocycles. The third kappa shape index (κ3) is 5.55. The minimum atomic E-state index is -0.363. The van der Waals surface area contributed by atoms with Gasteiger partial charge in [-0.15, -0.1) is 0 Å². The summed E-state index contributed by atoms with van der Waals surface area (Å²) in [5, 5.41) is 6.63. The van der Waals surface area contributed by atoms with Gasteiger partial charge in [-0.2, -0.15) is 0 Å². The highest BCUT2D eigenvalue weighted by atomic mass is 16.5. The van der Waals surface area contributed by atoms with Gasteiger partial charge in [-0.25, -0.2) is 0 Å². The van der Waals surface area contributed by atoms with Crippen LogP contribution in [-0.2, 0) is 14.4 Å². The van der Waals surface area contributed by atoms with Gasteiger partial charge in [0.2, 0.25) is 17.7 Å².